The fourth-order valence-corrected chi connectivity index (χ4v) is 3.81. The molecule has 0 radical (unpaired) electrons. The quantitative estimate of drug-likeness (QED) is 0.405. The average Bonchev–Trinajstić information content (AvgIpc) is 3.05. The van der Waals surface area contributed by atoms with E-state index in [-0.39, 0.29) is 27.1 Å². The second-order valence-electron chi connectivity index (χ2n) is 6.36. The third kappa shape index (κ3) is 6.87. The normalized spacial score (nSPS) is 12.4. The topological polar surface area (TPSA) is 93.4 Å². The van der Waals surface area contributed by atoms with Crippen LogP contribution in [0.4, 0.5) is 8.78 Å². The van der Waals surface area contributed by atoms with E-state index in [2.05, 4.69) is 16.6 Å². The third-order valence-electron chi connectivity index (χ3n) is 4.13. The number of ether oxygens (including phenoxy) is 2. The van der Waals surface area contributed by atoms with Gasteiger partial charge in [-0.1, -0.05) is 18.2 Å². The van der Waals surface area contributed by atoms with Gasteiger partial charge in [-0.05, 0) is 37.1 Å². The Kier molecular flexibility index (Phi) is 9.78. The number of amides is 1. The van der Waals surface area contributed by atoms with Crippen LogP contribution in [0.5, 0.6) is 5.75 Å². The zero-order chi connectivity index (χ0) is 23.5. The molecule has 2 aromatic rings. The molecule has 0 bridgehead atoms. The molecule has 0 spiro atoms. The molecule has 1 aromatic carbocycles. The summed E-state index contributed by atoms with van der Waals surface area (Å²) in [4.78, 5) is 25.4. The van der Waals surface area contributed by atoms with Crippen molar-refractivity contribution in [3.05, 3.63) is 62.0 Å². The van der Waals surface area contributed by atoms with E-state index in [4.69, 9.17) is 4.74 Å². The van der Waals surface area contributed by atoms with Crippen LogP contribution in [0.1, 0.15) is 18.9 Å². The molecule has 0 saturated heterocycles. The Balaban J connectivity index is 2.43. The van der Waals surface area contributed by atoms with Crippen molar-refractivity contribution < 1.29 is 23.0 Å². The Morgan fingerprint density at radius 2 is 2.09 bits per heavy atom. The van der Waals surface area contributed by atoms with Gasteiger partial charge in [-0.3, -0.25) is 14.2 Å². The fourth-order valence-electron chi connectivity index (χ4n) is 2.70. The Labute approximate surface area is 187 Å². The van der Waals surface area contributed by atoms with Crippen molar-refractivity contribution in [3.63, 3.8) is 0 Å². The molecular formula is C22H23F2N3O4S. The molecule has 2 rings (SSSR count). The van der Waals surface area contributed by atoms with Gasteiger partial charge in [-0.15, -0.1) is 17.9 Å². The zero-order valence-corrected chi connectivity index (χ0v) is 18.3. The number of allylic oxidation sites excluding steroid dienone is 1. The van der Waals surface area contributed by atoms with Crippen LogP contribution in [0.3, 0.4) is 0 Å². The number of halogens is 2. The van der Waals surface area contributed by atoms with E-state index >= 15 is 0 Å². The maximum absolute atomic E-state index is 12.9. The lowest BCUT2D eigenvalue weighted by Crippen LogP contribution is -2.35. The highest BCUT2D eigenvalue weighted by Gasteiger charge is 2.15. The third-order valence-corrected chi connectivity index (χ3v) is 5.26. The molecule has 1 heterocycles. The van der Waals surface area contributed by atoms with Crippen LogP contribution in [0.2, 0.25) is 0 Å². The van der Waals surface area contributed by atoms with E-state index < -0.39 is 18.1 Å². The first kappa shape index (κ1) is 25.0. The van der Waals surface area contributed by atoms with Gasteiger partial charge in [-0.25, -0.2) is 0 Å². The van der Waals surface area contributed by atoms with Crippen molar-refractivity contribution in [1.29, 1.82) is 5.26 Å². The summed E-state index contributed by atoms with van der Waals surface area (Å²) in [7, 11) is 0. The number of aromatic nitrogens is 1. The molecule has 0 aliphatic heterocycles. The van der Waals surface area contributed by atoms with E-state index in [1.54, 1.807) is 6.08 Å². The van der Waals surface area contributed by atoms with Crippen molar-refractivity contribution in [1.82, 2.24) is 9.88 Å². The van der Waals surface area contributed by atoms with Gasteiger partial charge in [0.2, 0.25) is 0 Å². The van der Waals surface area contributed by atoms with Gasteiger partial charge in [0.1, 0.15) is 16.5 Å². The highest BCUT2D eigenvalue weighted by molar-refractivity contribution is 7.07. The van der Waals surface area contributed by atoms with Gasteiger partial charge >= 0.3 is 6.61 Å². The molecule has 7 nitrogen and oxygen atoms in total. The van der Waals surface area contributed by atoms with Crippen molar-refractivity contribution >= 4 is 28.9 Å². The lowest BCUT2D eigenvalue weighted by molar-refractivity contribution is -0.115. The van der Waals surface area contributed by atoms with Crippen LogP contribution in [0.25, 0.3) is 11.6 Å². The van der Waals surface area contributed by atoms with Crippen LogP contribution >= 0.6 is 11.3 Å². The van der Waals surface area contributed by atoms with Gasteiger partial charge in [0.05, 0.1) is 4.53 Å². The fraction of sp³-hybridized carbons (Fsp3) is 0.318. The van der Waals surface area contributed by atoms with E-state index in [9.17, 15) is 23.6 Å². The summed E-state index contributed by atoms with van der Waals surface area (Å²) in [5.41, 5.74) is 0.00143. The van der Waals surface area contributed by atoms with E-state index in [1.165, 1.54) is 34.9 Å². The molecule has 0 aliphatic rings. The second kappa shape index (κ2) is 12.5. The minimum absolute atomic E-state index is 0.00538. The van der Waals surface area contributed by atoms with Crippen LogP contribution in [-0.2, 0) is 16.1 Å². The number of rotatable bonds is 11. The number of carbonyl (C=O) groups is 1. The average molecular weight is 464 g/mol. The first-order chi connectivity index (χ1) is 15.4. The van der Waals surface area contributed by atoms with Crippen LogP contribution in [-0.4, -0.2) is 36.8 Å². The minimum Gasteiger partial charge on any atom is -0.435 e. The number of nitrogens with one attached hydrogen (secondary N) is 1. The van der Waals surface area contributed by atoms with Crippen LogP contribution < -0.4 is 24.8 Å². The molecule has 1 aromatic heterocycles. The van der Waals surface area contributed by atoms with Crippen molar-refractivity contribution in [2.45, 2.75) is 26.5 Å². The maximum atomic E-state index is 12.9. The van der Waals surface area contributed by atoms with Gasteiger partial charge in [0, 0.05) is 26.3 Å². The number of carbonyl (C=O) groups excluding carboxylic acids is 1. The van der Waals surface area contributed by atoms with E-state index in [0.717, 1.165) is 11.3 Å². The van der Waals surface area contributed by atoms with Gasteiger partial charge < -0.3 is 14.8 Å². The summed E-state index contributed by atoms with van der Waals surface area (Å²) < 4.78 is 35.9. The number of alkyl halides is 2. The van der Waals surface area contributed by atoms with E-state index in [0.29, 0.717) is 31.7 Å². The second-order valence-corrected chi connectivity index (χ2v) is 7.39. The molecule has 0 atom stereocenters. The van der Waals surface area contributed by atoms with Crippen LogP contribution in [0, 0.1) is 11.3 Å². The predicted molar refractivity (Wildman–Crippen MR) is 118 cm³/mol. The molecule has 0 unspecified atom stereocenters. The van der Waals surface area contributed by atoms with E-state index in [1.807, 2.05) is 13.0 Å². The highest BCUT2D eigenvalue weighted by Crippen LogP contribution is 2.15. The van der Waals surface area contributed by atoms with Crippen molar-refractivity contribution in [3.8, 4) is 11.8 Å². The zero-order valence-electron chi connectivity index (χ0n) is 17.5. The molecular weight excluding hydrogens is 440 g/mol. The standard InChI is InChI=1S/C22H23F2N3O4S/c1-3-11-27-20(29)18(13-15-6-8-16(9-7-15)31-22(23)24)32-21(27)17(14-25)19(28)26-10-5-12-30-4-2/h3,6-9,13,22H,1,4-5,10-12H2,2H3,(H,26,28)/b18-13-,21-17-. The van der Waals surface area contributed by atoms with Crippen molar-refractivity contribution in [2.75, 3.05) is 19.8 Å². The molecule has 0 fully saturated rings. The van der Waals surface area contributed by atoms with Gasteiger partial charge in [0.25, 0.3) is 11.5 Å². The number of benzene rings is 1. The largest absolute Gasteiger partial charge is 0.435 e. The predicted octanol–water partition coefficient (Wildman–Crippen LogP) is 1.74. The number of hydrogen-bond donors (Lipinski definition) is 1. The summed E-state index contributed by atoms with van der Waals surface area (Å²) in [5.74, 6) is -0.586. The Morgan fingerprint density at radius 1 is 1.38 bits per heavy atom. The SMILES string of the molecule is C=CCn1c(=O)/c(=C/c2ccc(OC(F)F)cc2)s/c1=C(/C#N)C(=O)NCCCOCC. The lowest BCUT2D eigenvalue weighted by Gasteiger charge is -2.04. The lowest BCUT2D eigenvalue weighted by atomic mass is 10.2. The molecule has 1 N–H and O–H groups in total. The number of thiazole rings is 1. The van der Waals surface area contributed by atoms with Crippen molar-refractivity contribution in [2.24, 2.45) is 0 Å². The van der Waals surface area contributed by atoms with Crippen LogP contribution in [0.15, 0.2) is 41.7 Å². The summed E-state index contributed by atoms with van der Waals surface area (Å²) in [6.45, 7) is 4.07. The smallest absolute Gasteiger partial charge is 0.387 e. The first-order valence-electron chi connectivity index (χ1n) is 9.78. The Hall–Kier alpha value is -3.29. The maximum Gasteiger partial charge on any atom is 0.387 e. The minimum atomic E-state index is -2.93. The van der Waals surface area contributed by atoms with Gasteiger partial charge in [-0.2, -0.15) is 14.0 Å². The summed E-state index contributed by atoms with van der Waals surface area (Å²) in [5, 5.41) is 12.2. The molecule has 0 saturated carbocycles. The summed E-state index contributed by atoms with van der Waals surface area (Å²) in [6, 6.07) is 7.65. The summed E-state index contributed by atoms with van der Waals surface area (Å²) >= 11 is 0.995. The monoisotopic (exact) mass is 463 g/mol. The molecule has 10 heteroatoms. The number of nitriles is 1. The molecule has 0 aliphatic carbocycles. The molecule has 170 valence electrons. The first-order valence-corrected chi connectivity index (χ1v) is 10.6. The summed E-state index contributed by atoms with van der Waals surface area (Å²) in [6.07, 6.45) is 3.64. The number of nitrogens with zero attached hydrogens (tertiary/aromatic N) is 2. The Bertz CT molecular complexity index is 1150. The highest BCUT2D eigenvalue weighted by atomic mass is 32.1. The Morgan fingerprint density at radius 3 is 2.69 bits per heavy atom. The molecule has 32 heavy (non-hydrogen) atoms. The van der Waals surface area contributed by atoms with Gasteiger partial charge in [0.15, 0.2) is 5.57 Å². The molecule has 1 amide bonds. The number of hydrogen-bond acceptors (Lipinski definition) is 6.